The lowest BCUT2D eigenvalue weighted by molar-refractivity contribution is -0.132. The Labute approximate surface area is 184 Å². The summed E-state index contributed by atoms with van der Waals surface area (Å²) in [4.78, 5) is 32.2. The highest BCUT2D eigenvalue weighted by molar-refractivity contribution is 6.36. The fraction of sp³-hybridized carbons (Fsp3) is 0.273. The maximum atomic E-state index is 12.7. The van der Waals surface area contributed by atoms with Crippen molar-refractivity contribution in [3.63, 3.8) is 0 Å². The average Bonchev–Trinajstić information content (AvgIpc) is 3.13. The second-order valence-corrected chi connectivity index (χ2v) is 8.21. The van der Waals surface area contributed by atoms with Gasteiger partial charge in [-0.05, 0) is 29.8 Å². The van der Waals surface area contributed by atoms with E-state index in [4.69, 9.17) is 23.2 Å². The van der Waals surface area contributed by atoms with Crippen LogP contribution in [0.15, 0.2) is 48.7 Å². The number of amides is 2. The highest BCUT2D eigenvalue weighted by Gasteiger charge is 2.23. The van der Waals surface area contributed by atoms with Crippen molar-refractivity contribution in [2.24, 2.45) is 0 Å². The summed E-state index contributed by atoms with van der Waals surface area (Å²) in [5, 5.41) is 4.82. The van der Waals surface area contributed by atoms with Crippen molar-refractivity contribution in [2.75, 3.05) is 38.0 Å². The van der Waals surface area contributed by atoms with Gasteiger partial charge >= 0.3 is 0 Å². The fourth-order valence-electron chi connectivity index (χ4n) is 3.69. The summed E-state index contributed by atoms with van der Waals surface area (Å²) in [5.74, 6) is -0.0328. The number of H-pyrrole nitrogens is 1. The van der Waals surface area contributed by atoms with Gasteiger partial charge in [-0.1, -0.05) is 41.4 Å². The lowest BCUT2D eigenvalue weighted by Crippen LogP contribution is -2.50. The number of carbonyl (C=O) groups excluding carboxylic acids is 2. The summed E-state index contributed by atoms with van der Waals surface area (Å²) >= 11 is 12.0. The zero-order chi connectivity index (χ0) is 21.1. The van der Waals surface area contributed by atoms with Gasteiger partial charge in [0.2, 0.25) is 11.8 Å². The lowest BCUT2D eigenvalue weighted by Gasteiger charge is -2.34. The van der Waals surface area contributed by atoms with Crippen LogP contribution in [0.1, 0.15) is 5.56 Å². The summed E-state index contributed by atoms with van der Waals surface area (Å²) in [6.45, 7) is 2.78. The highest BCUT2D eigenvalue weighted by Crippen LogP contribution is 2.25. The molecule has 0 saturated carbocycles. The average molecular weight is 445 g/mol. The van der Waals surface area contributed by atoms with Crippen LogP contribution in [0.25, 0.3) is 10.9 Å². The highest BCUT2D eigenvalue weighted by atomic mass is 35.5. The topological polar surface area (TPSA) is 68.4 Å². The molecule has 8 heteroatoms. The first kappa shape index (κ1) is 20.7. The normalized spacial score (nSPS) is 14.8. The van der Waals surface area contributed by atoms with Gasteiger partial charge in [-0.3, -0.25) is 14.5 Å². The van der Waals surface area contributed by atoms with E-state index in [2.05, 4.69) is 10.3 Å². The van der Waals surface area contributed by atoms with Crippen LogP contribution in [0.5, 0.6) is 0 Å². The number of hydrogen-bond donors (Lipinski definition) is 2. The van der Waals surface area contributed by atoms with E-state index in [9.17, 15) is 9.59 Å². The molecule has 6 nitrogen and oxygen atoms in total. The smallest absolute Gasteiger partial charge is 0.238 e. The molecule has 4 rings (SSSR count). The summed E-state index contributed by atoms with van der Waals surface area (Å²) in [7, 11) is 0. The molecule has 0 unspecified atom stereocenters. The number of hydrogen-bond acceptors (Lipinski definition) is 3. The molecule has 1 aromatic heterocycles. The molecule has 2 heterocycles. The number of rotatable bonds is 5. The second-order valence-electron chi connectivity index (χ2n) is 7.37. The van der Waals surface area contributed by atoms with Crippen molar-refractivity contribution in [2.45, 2.75) is 6.42 Å². The van der Waals surface area contributed by atoms with Crippen molar-refractivity contribution in [3.8, 4) is 0 Å². The number of piperazine rings is 1. The third kappa shape index (κ3) is 4.78. The van der Waals surface area contributed by atoms with Gasteiger partial charge < -0.3 is 15.2 Å². The largest absolute Gasteiger partial charge is 0.361 e. The first-order chi connectivity index (χ1) is 14.5. The summed E-state index contributed by atoms with van der Waals surface area (Å²) in [6, 6.07) is 12.9. The molecule has 0 aliphatic carbocycles. The minimum Gasteiger partial charge on any atom is -0.361 e. The van der Waals surface area contributed by atoms with Crippen LogP contribution in [0.4, 0.5) is 5.69 Å². The Hall–Kier alpha value is -2.54. The monoisotopic (exact) mass is 444 g/mol. The standard InChI is InChI=1S/C22H22Cl2N4O2/c23-16-5-6-20(18(24)12-16)26-21(29)14-27-7-9-28(10-8-27)22(30)11-15-13-25-19-4-2-1-3-17(15)19/h1-6,12-13,25H,7-11,14H2,(H,26,29). The third-order valence-electron chi connectivity index (χ3n) is 5.31. The Morgan fingerprint density at radius 2 is 1.80 bits per heavy atom. The Morgan fingerprint density at radius 3 is 2.57 bits per heavy atom. The maximum Gasteiger partial charge on any atom is 0.238 e. The number of aromatic nitrogens is 1. The number of carbonyl (C=O) groups is 2. The van der Waals surface area contributed by atoms with Crippen molar-refractivity contribution in [3.05, 3.63) is 64.3 Å². The van der Waals surface area contributed by atoms with Crippen LogP contribution in [0.3, 0.4) is 0 Å². The van der Waals surface area contributed by atoms with E-state index in [0.717, 1.165) is 16.5 Å². The van der Waals surface area contributed by atoms with E-state index >= 15 is 0 Å². The predicted molar refractivity (Wildman–Crippen MR) is 120 cm³/mol. The number of nitrogens with zero attached hydrogens (tertiary/aromatic N) is 2. The van der Waals surface area contributed by atoms with E-state index in [0.29, 0.717) is 48.3 Å². The molecule has 30 heavy (non-hydrogen) atoms. The predicted octanol–water partition coefficient (Wildman–Crippen LogP) is 3.80. The fourth-order valence-corrected chi connectivity index (χ4v) is 4.15. The van der Waals surface area contributed by atoms with Crippen molar-refractivity contribution in [1.82, 2.24) is 14.8 Å². The molecule has 2 aromatic carbocycles. The van der Waals surface area contributed by atoms with Gasteiger partial charge in [-0.15, -0.1) is 0 Å². The van der Waals surface area contributed by atoms with E-state index in [1.807, 2.05) is 40.3 Å². The van der Waals surface area contributed by atoms with Crippen LogP contribution in [-0.2, 0) is 16.0 Å². The molecule has 1 saturated heterocycles. The number of halogens is 2. The summed E-state index contributed by atoms with van der Waals surface area (Å²) in [6.07, 6.45) is 2.28. The van der Waals surface area contributed by atoms with Crippen molar-refractivity contribution in [1.29, 1.82) is 0 Å². The first-order valence-electron chi connectivity index (χ1n) is 9.79. The van der Waals surface area contributed by atoms with Crippen molar-refractivity contribution >= 4 is 51.6 Å². The molecule has 2 amide bonds. The second kappa shape index (κ2) is 9.08. The number of para-hydroxylation sites is 1. The van der Waals surface area contributed by atoms with Crippen LogP contribution in [0.2, 0.25) is 10.0 Å². The zero-order valence-electron chi connectivity index (χ0n) is 16.3. The number of nitrogens with one attached hydrogen (secondary N) is 2. The number of aromatic amines is 1. The van der Waals surface area contributed by atoms with Crippen LogP contribution >= 0.6 is 23.2 Å². The minimum absolute atomic E-state index is 0.108. The van der Waals surface area contributed by atoms with Gasteiger partial charge in [0, 0.05) is 48.3 Å². The first-order valence-corrected chi connectivity index (χ1v) is 10.6. The summed E-state index contributed by atoms with van der Waals surface area (Å²) < 4.78 is 0. The van der Waals surface area contributed by atoms with Gasteiger partial charge in [0.1, 0.15) is 0 Å². The van der Waals surface area contributed by atoms with Crippen LogP contribution in [0, 0.1) is 0 Å². The molecule has 1 fully saturated rings. The molecule has 3 aromatic rings. The lowest BCUT2D eigenvalue weighted by atomic mass is 10.1. The SMILES string of the molecule is O=C(CN1CCN(C(=O)Cc2c[nH]c3ccccc23)CC1)Nc1ccc(Cl)cc1Cl. The van der Waals surface area contributed by atoms with E-state index in [1.54, 1.807) is 18.2 Å². The summed E-state index contributed by atoms with van der Waals surface area (Å²) in [5.41, 5.74) is 2.59. The van der Waals surface area contributed by atoms with Crippen LogP contribution < -0.4 is 5.32 Å². The van der Waals surface area contributed by atoms with Gasteiger partial charge in [0.15, 0.2) is 0 Å². The molecule has 156 valence electrons. The van der Waals surface area contributed by atoms with Gasteiger partial charge in [-0.25, -0.2) is 0 Å². The maximum absolute atomic E-state index is 12.7. The van der Waals surface area contributed by atoms with Gasteiger partial charge in [0.05, 0.1) is 23.7 Å². The Morgan fingerprint density at radius 1 is 1.03 bits per heavy atom. The quantitative estimate of drug-likeness (QED) is 0.628. The Bertz CT molecular complexity index is 1070. The number of benzene rings is 2. The van der Waals surface area contributed by atoms with Gasteiger partial charge in [0.25, 0.3) is 0 Å². The minimum atomic E-state index is -0.141. The third-order valence-corrected chi connectivity index (χ3v) is 5.86. The zero-order valence-corrected chi connectivity index (χ0v) is 17.8. The molecule has 2 N–H and O–H groups in total. The molecule has 1 aliphatic rings. The molecule has 0 bridgehead atoms. The van der Waals surface area contributed by atoms with E-state index < -0.39 is 0 Å². The molecule has 0 spiro atoms. The van der Waals surface area contributed by atoms with E-state index in [-0.39, 0.29) is 18.4 Å². The van der Waals surface area contributed by atoms with Crippen LogP contribution in [-0.4, -0.2) is 59.3 Å². The molecular formula is C22H22Cl2N4O2. The van der Waals surface area contributed by atoms with E-state index in [1.165, 1.54) is 0 Å². The molecular weight excluding hydrogens is 423 g/mol. The Balaban J connectivity index is 1.27. The molecule has 0 atom stereocenters. The van der Waals surface area contributed by atoms with Gasteiger partial charge in [-0.2, -0.15) is 0 Å². The number of anilines is 1. The molecule has 0 radical (unpaired) electrons. The Kier molecular flexibility index (Phi) is 6.27. The number of fused-ring (bicyclic) bond motifs is 1. The van der Waals surface area contributed by atoms with Crippen molar-refractivity contribution < 1.29 is 9.59 Å². The molecule has 1 aliphatic heterocycles.